The minimum absolute atomic E-state index is 0.0906. The van der Waals surface area contributed by atoms with Crippen molar-refractivity contribution in [1.29, 1.82) is 0 Å². The summed E-state index contributed by atoms with van der Waals surface area (Å²) in [5, 5.41) is 9.59. The van der Waals surface area contributed by atoms with Gasteiger partial charge in [-0.25, -0.2) is 0 Å². The van der Waals surface area contributed by atoms with Crippen molar-refractivity contribution in [3.63, 3.8) is 0 Å². The molecule has 1 fully saturated rings. The van der Waals surface area contributed by atoms with E-state index in [-0.39, 0.29) is 5.41 Å². The van der Waals surface area contributed by atoms with Crippen molar-refractivity contribution in [2.24, 2.45) is 5.41 Å². The lowest BCUT2D eigenvalue weighted by Gasteiger charge is -2.41. The molecule has 108 valence electrons. The van der Waals surface area contributed by atoms with Crippen molar-refractivity contribution < 1.29 is 5.11 Å². The van der Waals surface area contributed by atoms with Gasteiger partial charge in [0.15, 0.2) is 0 Å². The summed E-state index contributed by atoms with van der Waals surface area (Å²) in [5.41, 5.74) is 0.0906. The number of hydrogen-bond donors (Lipinski definition) is 1. The summed E-state index contributed by atoms with van der Waals surface area (Å²) in [6.45, 7) is 15.1. The van der Waals surface area contributed by atoms with Crippen LogP contribution in [0.25, 0.3) is 0 Å². The summed E-state index contributed by atoms with van der Waals surface area (Å²) in [5.74, 6) is 0. The van der Waals surface area contributed by atoms with Gasteiger partial charge in [0.2, 0.25) is 0 Å². The maximum absolute atomic E-state index is 9.59. The molecule has 2 atom stereocenters. The highest BCUT2D eigenvalue weighted by atomic mass is 16.3. The summed E-state index contributed by atoms with van der Waals surface area (Å²) in [6, 6.07) is 0.715. The molecule has 1 rings (SSSR count). The zero-order valence-electron chi connectivity index (χ0n) is 12.8. The predicted molar refractivity (Wildman–Crippen MR) is 77.9 cm³/mol. The molecular weight excluding hydrogens is 224 g/mol. The van der Waals surface area contributed by atoms with Crippen molar-refractivity contribution in [3.8, 4) is 0 Å². The number of aliphatic hydroxyl groups excluding tert-OH is 1. The molecule has 0 aromatic rings. The van der Waals surface area contributed by atoms with Crippen molar-refractivity contribution in [3.05, 3.63) is 0 Å². The van der Waals surface area contributed by atoms with Gasteiger partial charge in [0.1, 0.15) is 0 Å². The van der Waals surface area contributed by atoms with Crippen molar-refractivity contribution in [2.75, 3.05) is 39.3 Å². The Morgan fingerprint density at radius 1 is 1.17 bits per heavy atom. The summed E-state index contributed by atoms with van der Waals surface area (Å²) >= 11 is 0. The number of hydrogen-bond acceptors (Lipinski definition) is 3. The summed E-state index contributed by atoms with van der Waals surface area (Å²) in [7, 11) is 0. The van der Waals surface area contributed by atoms with Crippen molar-refractivity contribution >= 4 is 0 Å². The van der Waals surface area contributed by atoms with E-state index in [1.807, 2.05) is 0 Å². The third-order valence-corrected chi connectivity index (χ3v) is 4.46. The SMILES string of the molecule is CCCC(C)(CO)CN1CCN(C(C)CC)CC1. The Hall–Kier alpha value is -0.120. The molecular formula is C15H32N2O. The van der Waals surface area contributed by atoms with Crippen LogP contribution < -0.4 is 0 Å². The van der Waals surface area contributed by atoms with Gasteiger partial charge in [-0.05, 0) is 19.8 Å². The van der Waals surface area contributed by atoms with E-state index in [1.165, 1.54) is 19.5 Å². The average Bonchev–Trinajstić information content (AvgIpc) is 2.39. The Labute approximate surface area is 113 Å². The van der Waals surface area contributed by atoms with Crippen LogP contribution in [0.2, 0.25) is 0 Å². The van der Waals surface area contributed by atoms with Crippen LogP contribution in [0.4, 0.5) is 0 Å². The molecule has 3 heteroatoms. The number of piperazine rings is 1. The zero-order valence-corrected chi connectivity index (χ0v) is 12.8. The lowest BCUT2D eigenvalue weighted by atomic mass is 9.86. The second-order valence-corrected chi connectivity index (χ2v) is 6.29. The van der Waals surface area contributed by atoms with Gasteiger partial charge in [0.25, 0.3) is 0 Å². The minimum Gasteiger partial charge on any atom is -0.396 e. The number of rotatable bonds is 7. The first-order valence-corrected chi connectivity index (χ1v) is 7.62. The molecule has 0 aliphatic carbocycles. The van der Waals surface area contributed by atoms with Gasteiger partial charge >= 0.3 is 0 Å². The molecule has 0 saturated carbocycles. The van der Waals surface area contributed by atoms with Crippen LogP contribution in [0.5, 0.6) is 0 Å². The topological polar surface area (TPSA) is 26.7 Å². The van der Waals surface area contributed by atoms with Gasteiger partial charge in [-0.3, -0.25) is 4.90 Å². The van der Waals surface area contributed by atoms with E-state index in [0.717, 1.165) is 32.5 Å². The Morgan fingerprint density at radius 3 is 2.22 bits per heavy atom. The van der Waals surface area contributed by atoms with E-state index in [1.54, 1.807) is 0 Å². The van der Waals surface area contributed by atoms with Crippen LogP contribution >= 0.6 is 0 Å². The van der Waals surface area contributed by atoms with Gasteiger partial charge < -0.3 is 10.0 Å². The van der Waals surface area contributed by atoms with Crippen LogP contribution in [0.3, 0.4) is 0 Å². The fourth-order valence-corrected chi connectivity index (χ4v) is 2.97. The molecule has 0 radical (unpaired) electrons. The van der Waals surface area contributed by atoms with E-state index in [2.05, 4.69) is 37.5 Å². The monoisotopic (exact) mass is 256 g/mol. The maximum Gasteiger partial charge on any atom is 0.0497 e. The molecule has 1 heterocycles. The van der Waals surface area contributed by atoms with E-state index in [9.17, 15) is 5.11 Å². The molecule has 18 heavy (non-hydrogen) atoms. The minimum atomic E-state index is 0.0906. The van der Waals surface area contributed by atoms with Crippen LogP contribution in [0.1, 0.15) is 47.0 Å². The van der Waals surface area contributed by atoms with Gasteiger partial charge in [0.05, 0.1) is 0 Å². The third kappa shape index (κ3) is 4.52. The normalized spacial score (nSPS) is 23.8. The Morgan fingerprint density at radius 2 is 1.78 bits per heavy atom. The Balaban J connectivity index is 2.38. The standard InChI is InChI=1S/C15H32N2O/c1-5-7-15(4,13-18)12-16-8-10-17(11-9-16)14(3)6-2/h14,18H,5-13H2,1-4H3. The van der Waals surface area contributed by atoms with Crippen LogP contribution in [-0.4, -0.2) is 60.3 Å². The maximum atomic E-state index is 9.59. The first-order valence-electron chi connectivity index (χ1n) is 7.62. The first kappa shape index (κ1) is 15.9. The van der Waals surface area contributed by atoms with Crippen molar-refractivity contribution in [2.45, 2.75) is 53.0 Å². The summed E-state index contributed by atoms with van der Waals surface area (Å²) < 4.78 is 0. The number of nitrogens with zero attached hydrogens (tertiary/aromatic N) is 2. The van der Waals surface area contributed by atoms with Gasteiger partial charge in [0, 0.05) is 50.8 Å². The van der Waals surface area contributed by atoms with E-state index >= 15 is 0 Å². The predicted octanol–water partition coefficient (Wildman–Crippen LogP) is 2.20. The van der Waals surface area contributed by atoms with Crippen LogP contribution in [0, 0.1) is 5.41 Å². The molecule has 0 aromatic heterocycles. The quantitative estimate of drug-likeness (QED) is 0.756. The van der Waals surface area contributed by atoms with Crippen LogP contribution in [0.15, 0.2) is 0 Å². The molecule has 1 N–H and O–H groups in total. The molecule has 1 saturated heterocycles. The van der Waals surface area contributed by atoms with Gasteiger partial charge in [-0.2, -0.15) is 0 Å². The largest absolute Gasteiger partial charge is 0.396 e. The molecule has 0 spiro atoms. The lowest BCUT2D eigenvalue weighted by molar-refractivity contribution is 0.0408. The molecule has 2 unspecified atom stereocenters. The second kappa shape index (κ2) is 7.46. The Bertz CT molecular complexity index is 227. The van der Waals surface area contributed by atoms with Crippen LogP contribution in [-0.2, 0) is 0 Å². The highest BCUT2D eigenvalue weighted by molar-refractivity contribution is 4.82. The highest BCUT2D eigenvalue weighted by Crippen LogP contribution is 2.24. The van der Waals surface area contributed by atoms with Crippen molar-refractivity contribution in [1.82, 2.24) is 9.80 Å². The molecule has 0 bridgehead atoms. The number of aliphatic hydroxyl groups is 1. The molecule has 3 nitrogen and oxygen atoms in total. The molecule has 0 aromatic carbocycles. The average molecular weight is 256 g/mol. The van der Waals surface area contributed by atoms with E-state index in [4.69, 9.17) is 0 Å². The molecule has 1 aliphatic rings. The fraction of sp³-hybridized carbons (Fsp3) is 1.00. The summed E-state index contributed by atoms with van der Waals surface area (Å²) in [4.78, 5) is 5.12. The lowest BCUT2D eigenvalue weighted by Crippen LogP contribution is -2.52. The smallest absolute Gasteiger partial charge is 0.0497 e. The van der Waals surface area contributed by atoms with E-state index < -0.39 is 0 Å². The first-order chi connectivity index (χ1) is 8.54. The zero-order chi connectivity index (χ0) is 13.6. The van der Waals surface area contributed by atoms with Gasteiger partial charge in [-0.15, -0.1) is 0 Å². The summed E-state index contributed by atoms with van der Waals surface area (Å²) in [6.07, 6.45) is 3.52. The molecule has 0 amide bonds. The second-order valence-electron chi connectivity index (χ2n) is 6.29. The Kier molecular flexibility index (Phi) is 6.61. The van der Waals surface area contributed by atoms with E-state index in [0.29, 0.717) is 12.6 Å². The van der Waals surface area contributed by atoms with Gasteiger partial charge in [-0.1, -0.05) is 27.2 Å². The fourth-order valence-electron chi connectivity index (χ4n) is 2.97. The molecule has 1 aliphatic heterocycles. The third-order valence-electron chi connectivity index (χ3n) is 4.46. The highest BCUT2D eigenvalue weighted by Gasteiger charge is 2.28.